The Morgan fingerprint density at radius 3 is 2.84 bits per heavy atom. The van der Waals surface area contributed by atoms with E-state index in [4.69, 9.17) is 5.73 Å². The second-order valence-corrected chi connectivity index (χ2v) is 4.37. The van der Waals surface area contributed by atoms with Gasteiger partial charge >= 0.3 is 0 Å². The first-order valence-corrected chi connectivity index (χ1v) is 6.03. The summed E-state index contributed by atoms with van der Waals surface area (Å²) in [7, 11) is 4.08. The molecule has 2 heterocycles. The number of aromatic nitrogens is 5. The molecule has 8 heteroatoms. The van der Waals surface area contributed by atoms with Gasteiger partial charge in [-0.25, -0.2) is 4.98 Å². The van der Waals surface area contributed by atoms with Gasteiger partial charge in [-0.2, -0.15) is 15.0 Å². The molecule has 0 bridgehead atoms. The van der Waals surface area contributed by atoms with Gasteiger partial charge in [0, 0.05) is 18.9 Å². The quantitative estimate of drug-likeness (QED) is 0.707. The minimum atomic E-state index is 0.189. The maximum absolute atomic E-state index is 5.67. The number of hydrogen-bond acceptors (Lipinski definition) is 7. The Kier molecular flexibility index (Phi) is 4.24. The van der Waals surface area contributed by atoms with E-state index >= 15 is 0 Å². The lowest BCUT2D eigenvalue weighted by atomic mass is 10.4. The van der Waals surface area contributed by atoms with Crippen LogP contribution in [0.25, 0.3) is 5.95 Å². The Morgan fingerprint density at radius 1 is 1.32 bits per heavy atom. The van der Waals surface area contributed by atoms with Crippen molar-refractivity contribution in [1.29, 1.82) is 0 Å². The zero-order chi connectivity index (χ0) is 13.7. The standard InChI is InChI=1S/C11H18N8/c1-18(2)6-3-4-14-10-15-9(12)16-11(17-10)19-7-5-13-8-19/h5,7-8H,3-4,6H2,1-2H3,(H3,12,14,15,16,17). The van der Waals surface area contributed by atoms with Gasteiger partial charge in [-0.1, -0.05) is 0 Å². The highest BCUT2D eigenvalue weighted by atomic mass is 15.3. The average Bonchev–Trinajstić information content (AvgIpc) is 2.87. The second-order valence-electron chi connectivity index (χ2n) is 4.37. The third kappa shape index (κ3) is 3.88. The molecule has 0 unspecified atom stereocenters. The predicted molar refractivity (Wildman–Crippen MR) is 73.0 cm³/mol. The van der Waals surface area contributed by atoms with E-state index in [2.05, 4.69) is 30.2 Å². The molecule has 0 amide bonds. The maximum Gasteiger partial charge on any atom is 0.241 e. The van der Waals surface area contributed by atoms with Crippen LogP contribution in [0.5, 0.6) is 0 Å². The van der Waals surface area contributed by atoms with E-state index in [0.717, 1.165) is 19.5 Å². The number of imidazole rings is 1. The fourth-order valence-electron chi connectivity index (χ4n) is 1.55. The third-order valence-electron chi connectivity index (χ3n) is 2.44. The average molecular weight is 262 g/mol. The number of nitrogen functional groups attached to an aromatic ring is 1. The predicted octanol–water partition coefficient (Wildman–Crippen LogP) is 0.00310. The normalized spacial score (nSPS) is 10.9. The highest BCUT2D eigenvalue weighted by molar-refractivity contribution is 5.34. The zero-order valence-electron chi connectivity index (χ0n) is 11.1. The fourth-order valence-corrected chi connectivity index (χ4v) is 1.55. The lowest BCUT2D eigenvalue weighted by Crippen LogP contribution is -2.17. The highest BCUT2D eigenvalue weighted by Crippen LogP contribution is 2.06. The van der Waals surface area contributed by atoms with E-state index < -0.39 is 0 Å². The molecule has 2 rings (SSSR count). The molecule has 19 heavy (non-hydrogen) atoms. The van der Waals surface area contributed by atoms with E-state index in [-0.39, 0.29) is 5.95 Å². The smallest absolute Gasteiger partial charge is 0.241 e. The summed E-state index contributed by atoms with van der Waals surface area (Å²) in [6, 6.07) is 0. The molecule has 8 nitrogen and oxygen atoms in total. The van der Waals surface area contributed by atoms with Gasteiger partial charge in [0.1, 0.15) is 6.33 Å². The van der Waals surface area contributed by atoms with Gasteiger partial charge in [-0.3, -0.25) is 4.57 Å². The topological polar surface area (TPSA) is 97.8 Å². The fraction of sp³-hybridized carbons (Fsp3) is 0.455. The lowest BCUT2D eigenvalue weighted by Gasteiger charge is -2.10. The van der Waals surface area contributed by atoms with E-state index in [0.29, 0.717) is 11.9 Å². The van der Waals surface area contributed by atoms with Crippen molar-refractivity contribution in [3.8, 4) is 5.95 Å². The van der Waals surface area contributed by atoms with Gasteiger partial charge in [0.2, 0.25) is 17.8 Å². The van der Waals surface area contributed by atoms with Gasteiger partial charge in [0.25, 0.3) is 0 Å². The van der Waals surface area contributed by atoms with Gasteiger partial charge in [-0.05, 0) is 27.1 Å². The van der Waals surface area contributed by atoms with Crippen molar-refractivity contribution in [3.63, 3.8) is 0 Å². The van der Waals surface area contributed by atoms with E-state index in [1.54, 1.807) is 23.3 Å². The van der Waals surface area contributed by atoms with Crippen LogP contribution in [0.2, 0.25) is 0 Å². The summed E-state index contributed by atoms with van der Waals surface area (Å²) in [5, 5.41) is 3.14. The maximum atomic E-state index is 5.67. The van der Waals surface area contributed by atoms with Crippen molar-refractivity contribution in [1.82, 2.24) is 29.4 Å². The molecule has 0 fully saturated rings. The first kappa shape index (κ1) is 13.2. The molecule has 2 aromatic rings. The van der Waals surface area contributed by atoms with Crippen molar-refractivity contribution in [2.75, 3.05) is 38.2 Å². The molecule has 0 atom stereocenters. The first-order chi connectivity index (χ1) is 9.15. The minimum Gasteiger partial charge on any atom is -0.368 e. The molecular weight excluding hydrogens is 244 g/mol. The molecular formula is C11H18N8. The van der Waals surface area contributed by atoms with Crippen LogP contribution in [0.15, 0.2) is 18.7 Å². The molecule has 0 aliphatic carbocycles. The number of nitrogens with zero attached hydrogens (tertiary/aromatic N) is 6. The van der Waals surface area contributed by atoms with Crippen LogP contribution in [0.4, 0.5) is 11.9 Å². The summed E-state index contributed by atoms with van der Waals surface area (Å²) >= 11 is 0. The van der Waals surface area contributed by atoms with E-state index in [9.17, 15) is 0 Å². The van der Waals surface area contributed by atoms with Crippen LogP contribution in [0.1, 0.15) is 6.42 Å². The molecule has 0 spiro atoms. The molecule has 2 aromatic heterocycles. The number of anilines is 2. The molecule has 0 aliphatic heterocycles. The van der Waals surface area contributed by atoms with Crippen LogP contribution in [-0.4, -0.2) is 56.6 Å². The molecule has 0 saturated carbocycles. The molecule has 0 saturated heterocycles. The van der Waals surface area contributed by atoms with Crippen LogP contribution in [-0.2, 0) is 0 Å². The zero-order valence-corrected chi connectivity index (χ0v) is 11.1. The number of nitrogens with one attached hydrogen (secondary N) is 1. The largest absolute Gasteiger partial charge is 0.368 e. The van der Waals surface area contributed by atoms with Gasteiger partial charge in [0.05, 0.1) is 0 Å². The summed E-state index contributed by atoms with van der Waals surface area (Å²) < 4.78 is 1.68. The molecule has 3 N–H and O–H groups in total. The van der Waals surface area contributed by atoms with Gasteiger partial charge in [0.15, 0.2) is 0 Å². The summed E-state index contributed by atoms with van der Waals surface area (Å²) in [5.74, 6) is 1.13. The summed E-state index contributed by atoms with van der Waals surface area (Å²) in [6.07, 6.45) is 6.03. The van der Waals surface area contributed by atoms with E-state index in [1.807, 2.05) is 14.1 Å². The van der Waals surface area contributed by atoms with Crippen molar-refractivity contribution >= 4 is 11.9 Å². The van der Waals surface area contributed by atoms with Crippen molar-refractivity contribution in [3.05, 3.63) is 18.7 Å². The van der Waals surface area contributed by atoms with Crippen LogP contribution >= 0.6 is 0 Å². The van der Waals surface area contributed by atoms with Crippen LogP contribution in [0.3, 0.4) is 0 Å². The second kappa shape index (κ2) is 6.10. The monoisotopic (exact) mass is 262 g/mol. The number of rotatable bonds is 6. The third-order valence-corrected chi connectivity index (χ3v) is 2.44. The minimum absolute atomic E-state index is 0.189. The van der Waals surface area contributed by atoms with E-state index in [1.165, 1.54) is 0 Å². The van der Waals surface area contributed by atoms with Crippen LogP contribution in [0, 0.1) is 0 Å². The van der Waals surface area contributed by atoms with Crippen molar-refractivity contribution < 1.29 is 0 Å². The van der Waals surface area contributed by atoms with Crippen molar-refractivity contribution in [2.24, 2.45) is 0 Å². The Balaban J connectivity index is 2.01. The Labute approximate surface area is 111 Å². The number of nitrogens with two attached hydrogens (primary N) is 1. The van der Waals surface area contributed by atoms with Crippen LogP contribution < -0.4 is 11.1 Å². The highest BCUT2D eigenvalue weighted by Gasteiger charge is 2.05. The summed E-state index contributed by atoms with van der Waals surface area (Å²) in [4.78, 5) is 18.5. The molecule has 102 valence electrons. The summed E-state index contributed by atoms with van der Waals surface area (Å²) in [5.41, 5.74) is 5.67. The molecule has 0 radical (unpaired) electrons. The van der Waals surface area contributed by atoms with Crippen molar-refractivity contribution in [2.45, 2.75) is 6.42 Å². The Bertz CT molecular complexity index is 507. The summed E-state index contributed by atoms with van der Waals surface area (Å²) in [6.45, 7) is 1.78. The lowest BCUT2D eigenvalue weighted by molar-refractivity contribution is 0.405. The Hall–Kier alpha value is -2.22. The Morgan fingerprint density at radius 2 is 2.16 bits per heavy atom. The van der Waals surface area contributed by atoms with Gasteiger partial charge < -0.3 is 16.0 Å². The first-order valence-electron chi connectivity index (χ1n) is 6.03. The van der Waals surface area contributed by atoms with Gasteiger partial charge in [-0.15, -0.1) is 0 Å². The number of hydrogen-bond donors (Lipinski definition) is 2. The molecule has 0 aromatic carbocycles. The SMILES string of the molecule is CN(C)CCCNc1nc(N)nc(-n2ccnc2)n1. The molecule has 0 aliphatic rings.